The summed E-state index contributed by atoms with van der Waals surface area (Å²) < 4.78 is 18.8. The highest BCUT2D eigenvalue weighted by atomic mass is 16.5. The number of aromatic hydroxyl groups is 1. The molecule has 1 aliphatic heterocycles. The van der Waals surface area contributed by atoms with E-state index in [-0.39, 0.29) is 17.9 Å². The molecule has 0 bridgehead atoms. The summed E-state index contributed by atoms with van der Waals surface area (Å²) in [4.78, 5) is 26.7. The van der Waals surface area contributed by atoms with Gasteiger partial charge in [0.25, 0.3) is 5.91 Å². The van der Waals surface area contributed by atoms with E-state index in [1.54, 1.807) is 33.3 Å². The first-order valence-electron chi connectivity index (χ1n) is 13.9. The van der Waals surface area contributed by atoms with Crippen LogP contribution in [0.2, 0.25) is 0 Å². The fraction of sp³-hybridized carbons (Fsp3) is 0.273. The number of para-hydroxylation sites is 1. The number of phenolic OH excluding ortho intramolecular Hbond substituents is 1. The first kappa shape index (κ1) is 28.6. The van der Waals surface area contributed by atoms with Gasteiger partial charge in [0, 0.05) is 42.1 Å². The molecule has 2 heterocycles. The number of rotatable bonds is 10. The highest BCUT2D eigenvalue weighted by Crippen LogP contribution is 2.45. The number of hydrogen-bond acceptors (Lipinski definition) is 7. The lowest BCUT2D eigenvalue weighted by molar-refractivity contribution is 0.0528. The van der Waals surface area contributed by atoms with Crippen molar-refractivity contribution < 1.29 is 28.9 Å². The minimum absolute atomic E-state index is 0.123. The van der Waals surface area contributed by atoms with Gasteiger partial charge in [-0.05, 0) is 67.8 Å². The number of aromatic nitrogens is 1. The number of carbonyl (C=O) groups excluding carboxylic acids is 2. The zero-order valence-electron chi connectivity index (χ0n) is 24.2. The molecular formula is C33H35N3O6. The summed E-state index contributed by atoms with van der Waals surface area (Å²) in [5.41, 5.74) is 6.25. The van der Waals surface area contributed by atoms with Crippen molar-refractivity contribution in [3.8, 4) is 39.6 Å². The molecule has 218 valence electrons. The minimum Gasteiger partial charge on any atom is -0.507 e. The molecule has 4 aromatic rings. The Morgan fingerprint density at radius 2 is 1.71 bits per heavy atom. The van der Waals surface area contributed by atoms with E-state index in [4.69, 9.17) is 14.2 Å². The Balaban J connectivity index is 1.53. The molecule has 5 rings (SSSR count). The maximum Gasteiger partial charge on any atom is 0.340 e. The number of esters is 1. The lowest BCUT2D eigenvalue weighted by Crippen LogP contribution is -2.28. The molecule has 0 radical (unpaired) electrons. The van der Waals surface area contributed by atoms with E-state index >= 15 is 0 Å². The van der Waals surface area contributed by atoms with E-state index in [0.29, 0.717) is 47.8 Å². The zero-order chi connectivity index (χ0) is 29.8. The first-order chi connectivity index (χ1) is 20.4. The molecular weight excluding hydrogens is 534 g/mol. The average molecular weight is 570 g/mol. The highest BCUT2D eigenvalue weighted by molar-refractivity contribution is 6.06. The monoisotopic (exact) mass is 569 g/mol. The standard InChI is InChI=1S/C33H35N3O6/c1-5-42-33(39)30-29(20(2)36-16-13-21-18-27(40-3)28(41-4)19-24(21)31(30)36)22-11-12-26(37)25(17-22)32(38)35-15-14-34-23-9-7-6-8-10-23/h6-12,17-19,34,37H,5,13-16H2,1-4H3,(H,35,38). The second-order valence-electron chi connectivity index (χ2n) is 9.95. The van der Waals surface area contributed by atoms with Gasteiger partial charge in [0.15, 0.2) is 11.5 Å². The number of phenols is 1. The summed E-state index contributed by atoms with van der Waals surface area (Å²) in [6.45, 7) is 5.45. The van der Waals surface area contributed by atoms with Crippen molar-refractivity contribution in [2.24, 2.45) is 0 Å². The molecule has 1 amide bonds. The Kier molecular flexibility index (Phi) is 8.38. The third-order valence-electron chi connectivity index (χ3n) is 7.52. The van der Waals surface area contributed by atoms with E-state index in [9.17, 15) is 14.7 Å². The fourth-order valence-corrected chi connectivity index (χ4v) is 5.54. The van der Waals surface area contributed by atoms with Crippen LogP contribution < -0.4 is 20.1 Å². The SMILES string of the molecule is CCOC(=O)c1c(-c2ccc(O)c(C(=O)NCCNc3ccccc3)c2)c(C)n2c1-c1cc(OC)c(OC)cc1CC2. The number of anilines is 1. The molecule has 0 aliphatic carbocycles. The van der Waals surface area contributed by atoms with Crippen LogP contribution in [-0.4, -0.2) is 55.5 Å². The molecule has 3 aromatic carbocycles. The number of fused-ring (bicyclic) bond motifs is 3. The Hall–Kier alpha value is -4.92. The lowest BCUT2D eigenvalue weighted by atomic mass is 9.92. The highest BCUT2D eigenvalue weighted by Gasteiger charge is 2.32. The lowest BCUT2D eigenvalue weighted by Gasteiger charge is -2.23. The quantitative estimate of drug-likeness (QED) is 0.173. The fourth-order valence-electron chi connectivity index (χ4n) is 5.54. The Morgan fingerprint density at radius 3 is 2.43 bits per heavy atom. The van der Waals surface area contributed by atoms with E-state index in [1.165, 1.54) is 6.07 Å². The van der Waals surface area contributed by atoms with Crippen molar-refractivity contribution in [1.29, 1.82) is 0 Å². The van der Waals surface area contributed by atoms with Gasteiger partial charge in [0.05, 0.1) is 37.6 Å². The van der Waals surface area contributed by atoms with Crippen LogP contribution in [0.3, 0.4) is 0 Å². The third-order valence-corrected chi connectivity index (χ3v) is 7.52. The van der Waals surface area contributed by atoms with Crippen molar-refractivity contribution in [2.75, 3.05) is 39.2 Å². The van der Waals surface area contributed by atoms with Crippen LogP contribution in [0.15, 0.2) is 60.7 Å². The van der Waals surface area contributed by atoms with Crippen LogP contribution >= 0.6 is 0 Å². The van der Waals surface area contributed by atoms with Gasteiger partial charge < -0.3 is 34.5 Å². The number of nitrogens with one attached hydrogen (secondary N) is 2. The van der Waals surface area contributed by atoms with Crippen LogP contribution in [0.25, 0.3) is 22.4 Å². The van der Waals surface area contributed by atoms with Crippen LogP contribution in [-0.2, 0) is 17.7 Å². The van der Waals surface area contributed by atoms with Crippen molar-refractivity contribution >= 4 is 17.6 Å². The molecule has 0 atom stereocenters. The van der Waals surface area contributed by atoms with Gasteiger partial charge in [-0.1, -0.05) is 24.3 Å². The van der Waals surface area contributed by atoms with Gasteiger partial charge in [0.2, 0.25) is 0 Å². The number of ether oxygens (including phenoxy) is 3. The number of nitrogens with zero attached hydrogens (tertiary/aromatic N) is 1. The summed E-state index contributed by atoms with van der Waals surface area (Å²) >= 11 is 0. The van der Waals surface area contributed by atoms with E-state index in [2.05, 4.69) is 15.2 Å². The number of methoxy groups -OCH3 is 2. The Morgan fingerprint density at radius 1 is 0.976 bits per heavy atom. The summed E-state index contributed by atoms with van der Waals surface area (Å²) in [7, 11) is 3.18. The van der Waals surface area contributed by atoms with Crippen LogP contribution in [0.4, 0.5) is 5.69 Å². The molecule has 0 saturated heterocycles. The minimum atomic E-state index is -0.460. The van der Waals surface area contributed by atoms with Gasteiger partial charge in [-0.3, -0.25) is 4.79 Å². The third kappa shape index (κ3) is 5.37. The molecule has 9 nitrogen and oxygen atoms in total. The van der Waals surface area contributed by atoms with Crippen molar-refractivity contribution in [3.05, 3.63) is 83.0 Å². The molecule has 0 fully saturated rings. The molecule has 1 aliphatic rings. The van der Waals surface area contributed by atoms with Crippen molar-refractivity contribution in [2.45, 2.75) is 26.8 Å². The number of carbonyl (C=O) groups is 2. The first-order valence-corrected chi connectivity index (χ1v) is 13.9. The second-order valence-corrected chi connectivity index (χ2v) is 9.95. The average Bonchev–Trinajstić information content (AvgIpc) is 3.31. The van der Waals surface area contributed by atoms with Gasteiger partial charge in [-0.2, -0.15) is 0 Å². The molecule has 0 saturated carbocycles. The van der Waals surface area contributed by atoms with E-state index < -0.39 is 11.9 Å². The second kappa shape index (κ2) is 12.3. The summed E-state index contributed by atoms with van der Waals surface area (Å²) in [5.74, 6) is 0.168. The zero-order valence-corrected chi connectivity index (χ0v) is 24.2. The van der Waals surface area contributed by atoms with Gasteiger partial charge in [0.1, 0.15) is 5.75 Å². The molecule has 0 spiro atoms. The Labute approximate surface area is 245 Å². The summed E-state index contributed by atoms with van der Waals surface area (Å²) in [6.07, 6.45) is 0.736. The van der Waals surface area contributed by atoms with Crippen molar-refractivity contribution in [1.82, 2.24) is 9.88 Å². The molecule has 1 aromatic heterocycles. The summed E-state index contributed by atoms with van der Waals surface area (Å²) in [6, 6.07) is 18.4. The smallest absolute Gasteiger partial charge is 0.340 e. The van der Waals surface area contributed by atoms with E-state index in [0.717, 1.165) is 34.6 Å². The van der Waals surface area contributed by atoms with E-state index in [1.807, 2.05) is 49.4 Å². The van der Waals surface area contributed by atoms with Crippen LogP contribution in [0, 0.1) is 6.92 Å². The van der Waals surface area contributed by atoms with Gasteiger partial charge in [-0.25, -0.2) is 4.79 Å². The Bertz CT molecular complexity index is 1630. The maximum atomic E-state index is 13.6. The van der Waals surface area contributed by atoms with Crippen molar-refractivity contribution in [3.63, 3.8) is 0 Å². The molecule has 0 unspecified atom stereocenters. The number of hydrogen-bond donors (Lipinski definition) is 3. The molecule has 9 heteroatoms. The van der Waals surface area contributed by atoms with Crippen LogP contribution in [0.1, 0.15) is 38.9 Å². The predicted octanol–water partition coefficient (Wildman–Crippen LogP) is 5.43. The topological polar surface area (TPSA) is 111 Å². The number of amides is 1. The van der Waals surface area contributed by atoms with Gasteiger partial charge >= 0.3 is 5.97 Å². The summed E-state index contributed by atoms with van der Waals surface area (Å²) in [5, 5.41) is 16.7. The number of aryl methyl sites for hydroxylation is 1. The maximum absolute atomic E-state index is 13.6. The molecule has 42 heavy (non-hydrogen) atoms. The number of benzene rings is 3. The van der Waals surface area contributed by atoms with Crippen LogP contribution in [0.5, 0.6) is 17.2 Å². The molecule has 3 N–H and O–H groups in total. The largest absolute Gasteiger partial charge is 0.507 e. The predicted molar refractivity (Wildman–Crippen MR) is 162 cm³/mol. The van der Waals surface area contributed by atoms with Gasteiger partial charge in [-0.15, -0.1) is 0 Å². The normalized spacial score (nSPS) is 11.7.